The van der Waals surface area contributed by atoms with Gasteiger partial charge in [0, 0.05) is 13.1 Å². The summed E-state index contributed by atoms with van der Waals surface area (Å²) in [6, 6.07) is 7.00. The molecule has 1 fully saturated rings. The smallest absolute Gasteiger partial charge is 0.243 e. The molecule has 1 aromatic rings. The SMILES string of the molecule is C=C1CC(C(C)=O)=C(C)C[C@@H]2CN(S(=O)(=O)c3ccc(C)cc3)C[C@H]12. The summed E-state index contributed by atoms with van der Waals surface area (Å²) < 4.78 is 27.5. The highest BCUT2D eigenvalue weighted by Crippen LogP contribution is 2.41. The monoisotopic (exact) mass is 359 g/mol. The first-order valence-electron chi connectivity index (χ1n) is 8.64. The number of carbonyl (C=O) groups is 1. The molecule has 0 saturated carbocycles. The molecule has 2 aliphatic rings. The van der Waals surface area contributed by atoms with Crippen molar-refractivity contribution in [2.75, 3.05) is 13.1 Å². The van der Waals surface area contributed by atoms with Crippen LogP contribution < -0.4 is 0 Å². The van der Waals surface area contributed by atoms with Crippen LogP contribution in [-0.4, -0.2) is 31.6 Å². The van der Waals surface area contributed by atoms with Crippen molar-refractivity contribution in [3.63, 3.8) is 0 Å². The van der Waals surface area contributed by atoms with Gasteiger partial charge in [0.25, 0.3) is 0 Å². The van der Waals surface area contributed by atoms with Crippen LogP contribution in [0.15, 0.2) is 52.5 Å². The van der Waals surface area contributed by atoms with E-state index in [9.17, 15) is 13.2 Å². The Bertz CT molecular complexity index is 849. The molecule has 3 rings (SSSR count). The minimum absolute atomic E-state index is 0.0998. The quantitative estimate of drug-likeness (QED) is 0.776. The summed E-state index contributed by atoms with van der Waals surface area (Å²) in [7, 11) is -3.49. The third-order valence-corrected chi connectivity index (χ3v) is 7.35. The Labute approximate surface area is 150 Å². The van der Waals surface area contributed by atoms with Crippen molar-refractivity contribution in [1.29, 1.82) is 0 Å². The van der Waals surface area contributed by atoms with Gasteiger partial charge in [0.2, 0.25) is 10.0 Å². The molecule has 0 bridgehead atoms. The lowest BCUT2D eigenvalue weighted by atomic mass is 9.87. The molecule has 0 aromatic heterocycles. The molecule has 0 unspecified atom stereocenters. The number of rotatable bonds is 3. The minimum Gasteiger partial charge on any atom is -0.295 e. The summed E-state index contributed by atoms with van der Waals surface area (Å²) in [6.45, 7) is 10.7. The van der Waals surface area contributed by atoms with Gasteiger partial charge >= 0.3 is 0 Å². The van der Waals surface area contributed by atoms with E-state index in [-0.39, 0.29) is 17.6 Å². The van der Waals surface area contributed by atoms with E-state index >= 15 is 0 Å². The van der Waals surface area contributed by atoms with E-state index in [0.29, 0.717) is 24.4 Å². The number of Topliss-reactive ketones (excluding diaryl/α,β-unsaturated/α-hetero) is 1. The highest BCUT2D eigenvalue weighted by molar-refractivity contribution is 7.89. The average Bonchev–Trinajstić information content (AvgIpc) is 2.92. The van der Waals surface area contributed by atoms with Crippen LogP contribution in [0.1, 0.15) is 32.3 Å². The van der Waals surface area contributed by atoms with Gasteiger partial charge in [0.1, 0.15) is 0 Å². The van der Waals surface area contributed by atoms with Crippen molar-refractivity contribution in [1.82, 2.24) is 4.31 Å². The van der Waals surface area contributed by atoms with Gasteiger partial charge in [-0.3, -0.25) is 4.79 Å². The van der Waals surface area contributed by atoms with Crippen molar-refractivity contribution < 1.29 is 13.2 Å². The number of nitrogens with zero attached hydrogens (tertiary/aromatic N) is 1. The lowest BCUT2D eigenvalue weighted by Gasteiger charge is -2.18. The van der Waals surface area contributed by atoms with E-state index in [1.807, 2.05) is 26.0 Å². The van der Waals surface area contributed by atoms with Gasteiger partial charge in [-0.25, -0.2) is 8.42 Å². The first-order valence-corrected chi connectivity index (χ1v) is 10.1. The van der Waals surface area contributed by atoms with Gasteiger partial charge in [0.15, 0.2) is 5.78 Å². The number of fused-ring (bicyclic) bond motifs is 1. The van der Waals surface area contributed by atoms with E-state index in [0.717, 1.165) is 28.7 Å². The van der Waals surface area contributed by atoms with E-state index < -0.39 is 10.0 Å². The van der Waals surface area contributed by atoms with Crippen molar-refractivity contribution in [3.05, 3.63) is 53.1 Å². The number of carbonyl (C=O) groups excluding carboxylic acids is 1. The van der Waals surface area contributed by atoms with Gasteiger partial charge < -0.3 is 0 Å². The van der Waals surface area contributed by atoms with Gasteiger partial charge in [-0.15, -0.1) is 0 Å². The average molecular weight is 359 g/mol. The third-order valence-electron chi connectivity index (χ3n) is 5.50. The molecule has 134 valence electrons. The molecular weight excluding hydrogens is 334 g/mol. The predicted octanol–water partition coefficient (Wildman–Crippen LogP) is 3.49. The van der Waals surface area contributed by atoms with E-state index in [1.54, 1.807) is 23.4 Å². The fourth-order valence-corrected chi connectivity index (χ4v) is 5.53. The molecule has 5 heteroatoms. The molecule has 1 aromatic carbocycles. The Hall–Kier alpha value is -1.72. The highest BCUT2D eigenvalue weighted by atomic mass is 32.2. The van der Waals surface area contributed by atoms with Crippen LogP contribution >= 0.6 is 0 Å². The second kappa shape index (κ2) is 6.54. The lowest BCUT2D eigenvalue weighted by molar-refractivity contribution is -0.113. The number of benzene rings is 1. The standard InChI is InChI=1S/C20H25NO3S/c1-13-5-7-18(8-6-13)25(23,24)21-11-17-9-14(2)19(16(4)22)10-15(3)20(17)12-21/h5-8,17,20H,3,9-12H2,1-2,4H3/t17-,20-/m1/s1. The summed E-state index contributed by atoms with van der Waals surface area (Å²) in [5.41, 5.74) is 3.95. The number of allylic oxidation sites excluding steroid dienone is 2. The molecular formula is C20H25NO3S. The molecule has 0 N–H and O–H groups in total. The van der Waals surface area contributed by atoms with Crippen molar-refractivity contribution >= 4 is 15.8 Å². The number of ketones is 1. The number of sulfonamides is 1. The van der Waals surface area contributed by atoms with Gasteiger partial charge in [0.05, 0.1) is 4.90 Å². The van der Waals surface area contributed by atoms with Crippen LogP contribution in [0.4, 0.5) is 0 Å². The van der Waals surface area contributed by atoms with Gasteiger partial charge in [-0.05, 0) is 63.2 Å². The Morgan fingerprint density at radius 1 is 1.16 bits per heavy atom. The Balaban J connectivity index is 1.87. The molecule has 1 aliphatic carbocycles. The molecule has 0 amide bonds. The minimum atomic E-state index is -3.49. The molecule has 0 radical (unpaired) electrons. The fourth-order valence-electron chi connectivity index (χ4n) is 4.01. The van der Waals surface area contributed by atoms with Crippen molar-refractivity contribution in [2.45, 2.75) is 38.5 Å². The summed E-state index contributed by atoms with van der Waals surface area (Å²) in [5.74, 6) is 0.416. The number of hydrogen-bond donors (Lipinski definition) is 0. The summed E-state index contributed by atoms with van der Waals surface area (Å²) in [5, 5.41) is 0. The van der Waals surface area contributed by atoms with Crippen molar-refractivity contribution in [2.24, 2.45) is 11.8 Å². The second-order valence-corrected chi connectivity index (χ2v) is 9.29. The second-order valence-electron chi connectivity index (χ2n) is 7.36. The van der Waals surface area contributed by atoms with Crippen LogP contribution in [0.3, 0.4) is 0 Å². The number of hydrogen-bond acceptors (Lipinski definition) is 3. The third kappa shape index (κ3) is 3.35. The zero-order valence-corrected chi connectivity index (χ0v) is 15.9. The molecule has 0 spiro atoms. The zero-order valence-electron chi connectivity index (χ0n) is 15.1. The Morgan fingerprint density at radius 3 is 2.40 bits per heavy atom. The van der Waals surface area contributed by atoms with Crippen LogP contribution in [0.5, 0.6) is 0 Å². The van der Waals surface area contributed by atoms with Crippen LogP contribution in [-0.2, 0) is 14.8 Å². The van der Waals surface area contributed by atoms with Gasteiger partial charge in [-0.2, -0.15) is 4.31 Å². The Kier molecular flexibility index (Phi) is 4.73. The maximum absolute atomic E-state index is 13.0. The summed E-state index contributed by atoms with van der Waals surface area (Å²) >= 11 is 0. The fraction of sp³-hybridized carbons (Fsp3) is 0.450. The number of aryl methyl sites for hydroxylation is 1. The summed E-state index contributed by atoms with van der Waals surface area (Å²) in [6.07, 6.45) is 1.33. The van der Waals surface area contributed by atoms with Crippen LogP contribution in [0, 0.1) is 18.8 Å². The van der Waals surface area contributed by atoms with E-state index in [2.05, 4.69) is 6.58 Å². The highest BCUT2D eigenvalue weighted by Gasteiger charge is 2.42. The largest absolute Gasteiger partial charge is 0.295 e. The lowest BCUT2D eigenvalue weighted by Crippen LogP contribution is -2.29. The first-order chi connectivity index (χ1) is 11.7. The molecule has 1 heterocycles. The molecule has 4 nitrogen and oxygen atoms in total. The van der Waals surface area contributed by atoms with E-state index in [4.69, 9.17) is 0 Å². The van der Waals surface area contributed by atoms with Crippen LogP contribution in [0.25, 0.3) is 0 Å². The predicted molar refractivity (Wildman–Crippen MR) is 98.7 cm³/mol. The van der Waals surface area contributed by atoms with Gasteiger partial charge in [-0.1, -0.05) is 35.4 Å². The van der Waals surface area contributed by atoms with E-state index in [1.165, 1.54) is 0 Å². The van der Waals surface area contributed by atoms with Crippen molar-refractivity contribution in [3.8, 4) is 0 Å². The maximum atomic E-state index is 13.0. The normalized spacial score (nSPS) is 25.0. The molecule has 25 heavy (non-hydrogen) atoms. The molecule has 1 saturated heterocycles. The molecule has 1 aliphatic heterocycles. The first kappa shape index (κ1) is 18.1. The summed E-state index contributed by atoms with van der Waals surface area (Å²) in [4.78, 5) is 12.2. The zero-order chi connectivity index (χ0) is 18.4. The van der Waals surface area contributed by atoms with Crippen LogP contribution in [0.2, 0.25) is 0 Å². The maximum Gasteiger partial charge on any atom is 0.243 e. The molecule has 2 atom stereocenters. The Morgan fingerprint density at radius 2 is 1.80 bits per heavy atom. The topological polar surface area (TPSA) is 54.5 Å².